The van der Waals surface area contributed by atoms with E-state index >= 15 is 0 Å². The van der Waals surface area contributed by atoms with Crippen molar-refractivity contribution in [3.05, 3.63) is 95.3 Å². The lowest BCUT2D eigenvalue weighted by Gasteiger charge is -2.24. The topological polar surface area (TPSA) is 8.29 Å². The van der Waals surface area contributed by atoms with Gasteiger partial charge in [-0.2, -0.15) is 4.40 Å². The number of nitrogens with zero attached hydrogens (tertiary/aromatic N) is 2. The smallest absolute Gasteiger partial charge is 0.229 e. The van der Waals surface area contributed by atoms with Gasteiger partial charge in [-0.05, 0) is 50.5 Å². The number of aromatic nitrogens is 2. The molecule has 2 aromatic heterocycles. The van der Waals surface area contributed by atoms with Gasteiger partial charge in [0.15, 0.2) is 5.69 Å². The molecule has 2 nitrogen and oxygen atoms in total. The highest BCUT2D eigenvalue weighted by molar-refractivity contribution is 6.12. The average molecular weight is 380 g/mol. The zero-order chi connectivity index (χ0) is 20.3. The first-order valence-corrected chi connectivity index (χ1v) is 10.3. The molecule has 0 N–H and O–H groups in total. The number of hydrogen-bond acceptors (Lipinski definition) is 0. The SMILES string of the molecule is Cc1ccccc1C(C)(C)c1cn2c3ccccc3c3cccc(C)c3c2[n+]1C. The van der Waals surface area contributed by atoms with E-state index in [2.05, 4.69) is 117 Å². The third-order valence-corrected chi connectivity index (χ3v) is 6.57. The van der Waals surface area contributed by atoms with Crippen LogP contribution in [0.4, 0.5) is 0 Å². The van der Waals surface area contributed by atoms with Crippen molar-refractivity contribution in [1.82, 2.24) is 4.40 Å². The predicted octanol–water partition coefficient (Wildman–Crippen LogP) is 6.01. The van der Waals surface area contributed by atoms with Crippen LogP contribution in [0.1, 0.15) is 36.2 Å². The Morgan fingerprint density at radius 1 is 0.759 bits per heavy atom. The third kappa shape index (κ3) is 2.45. The summed E-state index contributed by atoms with van der Waals surface area (Å²) in [5.41, 5.74) is 7.73. The molecule has 0 aliphatic heterocycles. The van der Waals surface area contributed by atoms with E-state index in [1.807, 2.05) is 0 Å². The minimum absolute atomic E-state index is 0.109. The molecule has 0 fully saturated rings. The van der Waals surface area contributed by atoms with Crippen molar-refractivity contribution in [2.75, 3.05) is 0 Å². The van der Waals surface area contributed by atoms with Gasteiger partial charge in [0.1, 0.15) is 11.7 Å². The normalized spacial score (nSPS) is 12.3. The molecule has 2 heteroatoms. The fourth-order valence-electron chi connectivity index (χ4n) is 5.11. The van der Waals surface area contributed by atoms with Crippen molar-refractivity contribution in [3.63, 3.8) is 0 Å². The van der Waals surface area contributed by atoms with Gasteiger partial charge in [0, 0.05) is 10.8 Å². The second-order valence-corrected chi connectivity index (χ2v) is 8.72. The van der Waals surface area contributed by atoms with Crippen molar-refractivity contribution < 1.29 is 4.57 Å². The second-order valence-electron chi connectivity index (χ2n) is 8.72. The molecule has 0 spiro atoms. The molecule has 29 heavy (non-hydrogen) atoms. The van der Waals surface area contributed by atoms with E-state index in [1.165, 1.54) is 49.7 Å². The quantitative estimate of drug-likeness (QED) is 0.262. The first-order valence-electron chi connectivity index (χ1n) is 10.3. The second kappa shape index (κ2) is 6.18. The summed E-state index contributed by atoms with van der Waals surface area (Å²) in [4.78, 5) is 0. The Balaban J connectivity index is 1.97. The van der Waals surface area contributed by atoms with Gasteiger partial charge < -0.3 is 0 Å². The number of para-hydroxylation sites is 1. The van der Waals surface area contributed by atoms with Crippen LogP contribution in [0, 0.1) is 13.8 Å². The molecule has 3 aromatic carbocycles. The van der Waals surface area contributed by atoms with Crippen LogP contribution in [-0.4, -0.2) is 4.40 Å². The molecule has 0 radical (unpaired) electrons. The summed E-state index contributed by atoms with van der Waals surface area (Å²) < 4.78 is 4.79. The molecule has 2 heterocycles. The van der Waals surface area contributed by atoms with Gasteiger partial charge in [0.05, 0.1) is 17.8 Å². The van der Waals surface area contributed by atoms with Crippen molar-refractivity contribution in [1.29, 1.82) is 0 Å². The highest BCUT2D eigenvalue weighted by Gasteiger charge is 2.34. The van der Waals surface area contributed by atoms with E-state index in [1.54, 1.807) is 0 Å². The highest BCUT2D eigenvalue weighted by atomic mass is 15.1. The third-order valence-electron chi connectivity index (χ3n) is 6.57. The zero-order valence-corrected chi connectivity index (χ0v) is 17.8. The van der Waals surface area contributed by atoms with E-state index in [-0.39, 0.29) is 5.41 Å². The molecule has 0 bridgehead atoms. The summed E-state index contributed by atoms with van der Waals surface area (Å²) >= 11 is 0. The van der Waals surface area contributed by atoms with Crippen LogP contribution >= 0.6 is 0 Å². The minimum atomic E-state index is -0.109. The van der Waals surface area contributed by atoms with Gasteiger partial charge in [0.25, 0.3) is 5.65 Å². The molecular weight excluding hydrogens is 352 g/mol. The summed E-state index contributed by atoms with van der Waals surface area (Å²) in [5.74, 6) is 0. The molecule has 5 rings (SSSR count). The van der Waals surface area contributed by atoms with E-state index in [9.17, 15) is 0 Å². The number of pyridine rings is 1. The number of benzene rings is 3. The Kier molecular flexibility index (Phi) is 3.82. The molecule has 0 unspecified atom stereocenters. The van der Waals surface area contributed by atoms with Crippen molar-refractivity contribution >= 4 is 27.3 Å². The van der Waals surface area contributed by atoms with Crippen LogP contribution in [0.15, 0.2) is 72.9 Å². The van der Waals surface area contributed by atoms with Gasteiger partial charge in [-0.3, -0.25) is 0 Å². The fraction of sp³-hybridized carbons (Fsp3) is 0.222. The predicted molar refractivity (Wildman–Crippen MR) is 122 cm³/mol. The molecule has 0 atom stereocenters. The maximum Gasteiger partial charge on any atom is 0.295 e. The lowest BCUT2D eigenvalue weighted by atomic mass is 9.79. The Hall–Kier alpha value is -3.13. The van der Waals surface area contributed by atoms with Crippen molar-refractivity contribution in [2.45, 2.75) is 33.1 Å². The number of hydrogen-bond donors (Lipinski definition) is 0. The van der Waals surface area contributed by atoms with Gasteiger partial charge >= 0.3 is 0 Å². The number of fused-ring (bicyclic) bond motifs is 6. The van der Waals surface area contributed by atoms with Gasteiger partial charge in [-0.25, -0.2) is 4.57 Å². The summed E-state index contributed by atoms with van der Waals surface area (Å²) in [6.07, 6.45) is 2.34. The first-order chi connectivity index (χ1) is 13.9. The van der Waals surface area contributed by atoms with Crippen LogP contribution in [0.2, 0.25) is 0 Å². The molecule has 0 aliphatic rings. The van der Waals surface area contributed by atoms with E-state index in [4.69, 9.17) is 0 Å². The Labute approximate surface area is 172 Å². The highest BCUT2D eigenvalue weighted by Crippen LogP contribution is 2.35. The van der Waals surface area contributed by atoms with Crippen LogP contribution < -0.4 is 4.57 Å². The Bertz CT molecular complexity index is 1400. The number of aryl methyl sites for hydroxylation is 3. The largest absolute Gasteiger partial charge is 0.295 e. The van der Waals surface area contributed by atoms with E-state index in [0.717, 1.165) is 0 Å². The summed E-state index contributed by atoms with van der Waals surface area (Å²) in [7, 11) is 2.21. The molecule has 0 saturated carbocycles. The Morgan fingerprint density at radius 3 is 2.21 bits per heavy atom. The van der Waals surface area contributed by atoms with Crippen LogP contribution in [-0.2, 0) is 12.5 Å². The standard InChI is InChI=1S/C27H27N2/c1-18-11-6-8-15-22(18)27(3,4)24-17-29-23-16-9-7-13-20(23)21-14-10-12-19(2)25(21)26(29)28(24)5/h6-17H,1-5H3/q+1. The fourth-order valence-corrected chi connectivity index (χ4v) is 5.11. The minimum Gasteiger partial charge on any atom is -0.229 e. The Morgan fingerprint density at radius 2 is 1.41 bits per heavy atom. The molecule has 0 aliphatic carbocycles. The maximum absolute atomic E-state index is 2.40. The van der Waals surface area contributed by atoms with Crippen LogP contribution in [0.5, 0.6) is 0 Å². The summed E-state index contributed by atoms with van der Waals surface area (Å²) in [6.45, 7) is 9.10. The molecule has 0 saturated heterocycles. The van der Waals surface area contributed by atoms with Gasteiger partial charge in [0.2, 0.25) is 0 Å². The summed E-state index contributed by atoms with van der Waals surface area (Å²) in [5, 5.41) is 3.96. The van der Waals surface area contributed by atoms with Crippen LogP contribution in [0.25, 0.3) is 27.3 Å². The van der Waals surface area contributed by atoms with Crippen LogP contribution in [0.3, 0.4) is 0 Å². The molecule has 144 valence electrons. The zero-order valence-electron chi connectivity index (χ0n) is 17.8. The van der Waals surface area contributed by atoms with Gasteiger partial charge in [-0.1, -0.05) is 60.7 Å². The monoisotopic (exact) mass is 379 g/mol. The average Bonchev–Trinajstić information content (AvgIpc) is 3.07. The molecule has 0 amide bonds. The summed E-state index contributed by atoms with van der Waals surface area (Å²) in [6, 6.07) is 24.1. The number of rotatable bonds is 2. The van der Waals surface area contributed by atoms with Crippen molar-refractivity contribution in [2.24, 2.45) is 7.05 Å². The molecular formula is C27H27N2+. The van der Waals surface area contributed by atoms with E-state index < -0.39 is 0 Å². The van der Waals surface area contributed by atoms with Gasteiger partial charge in [-0.15, -0.1) is 0 Å². The lowest BCUT2D eigenvalue weighted by Crippen LogP contribution is -2.39. The van der Waals surface area contributed by atoms with Crippen molar-refractivity contribution in [3.8, 4) is 0 Å². The van der Waals surface area contributed by atoms with E-state index in [0.29, 0.717) is 0 Å². The lowest BCUT2D eigenvalue weighted by molar-refractivity contribution is -0.654. The first kappa shape index (κ1) is 17.9. The maximum atomic E-state index is 2.40. The molecule has 5 aromatic rings. The number of imidazole rings is 1.